The van der Waals surface area contributed by atoms with Gasteiger partial charge in [-0.3, -0.25) is 4.79 Å². The van der Waals surface area contributed by atoms with Gasteiger partial charge in [0.25, 0.3) is 0 Å². The number of methoxy groups -OCH3 is 1. The van der Waals surface area contributed by atoms with Crippen LogP contribution in [0.25, 0.3) is 0 Å². The number of hydrogen-bond acceptors (Lipinski definition) is 6. The van der Waals surface area contributed by atoms with Gasteiger partial charge in [0.15, 0.2) is 0 Å². The summed E-state index contributed by atoms with van der Waals surface area (Å²) in [6.45, 7) is 10.8. The number of rotatable bonds is 3. The minimum absolute atomic E-state index is 0.0474. The second kappa shape index (κ2) is 7.64. The molecule has 4 saturated carbocycles. The molecule has 6 rings (SSSR count). The minimum Gasteiger partial charge on any atom is -0.458 e. The van der Waals surface area contributed by atoms with E-state index in [4.69, 9.17) is 14.2 Å². The quantitative estimate of drug-likeness (QED) is 0.475. The van der Waals surface area contributed by atoms with Crippen molar-refractivity contribution in [1.82, 2.24) is 0 Å². The van der Waals surface area contributed by atoms with Crippen LogP contribution in [0.3, 0.4) is 0 Å². The molecule has 2 heterocycles. The van der Waals surface area contributed by atoms with Gasteiger partial charge in [0, 0.05) is 25.5 Å². The van der Waals surface area contributed by atoms with E-state index in [1.54, 1.807) is 7.11 Å². The molecular weight excluding hydrogens is 444 g/mol. The number of esters is 1. The van der Waals surface area contributed by atoms with E-state index < -0.39 is 23.2 Å². The summed E-state index contributed by atoms with van der Waals surface area (Å²) in [5.41, 5.74) is 0.698. The summed E-state index contributed by atoms with van der Waals surface area (Å²) in [5, 5.41) is 11.2. The summed E-state index contributed by atoms with van der Waals surface area (Å²) in [7, 11) is 1.58. The molecule has 4 aliphatic carbocycles. The molecule has 1 N–H and O–H groups in total. The van der Waals surface area contributed by atoms with E-state index in [-0.39, 0.29) is 41.7 Å². The van der Waals surface area contributed by atoms with Crippen LogP contribution in [0.2, 0.25) is 0 Å². The fraction of sp³-hybridized carbons (Fsp3) is 0.862. The number of ether oxygens (including phenoxy) is 3. The predicted octanol–water partition coefficient (Wildman–Crippen LogP) is 4.23. The van der Waals surface area contributed by atoms with E-state index in [9.17, 15) is 14.7 Å². The molecule has 0 radical (unpaired) electrons. The van der Waals surface area contributed by atoms with Crippen molar-refractivity contribution in [2.75, 3.05) is 7.11 Å². The lowest BCUT2D eigenvalue weighted by Crippen LogP contribution is -2.68. The van der Waals surface area contributed by atoms with Gasteiger partial charge in [0.2, 0.25) is 0 Å². The van der Waals surface area contributed by atoms with Gasteiger partial charge in [-0.25, -0.2) is 4.79 Å². The van der Waals surface area contributed by atoms with Gasteiger partial charge in [-0.1, -0.05) is 19.4 Å². The van der Waals surface area contributed by atoms with Crippen LogP contribution in [0, 0.1) is 40.4 Å². The van der Waals surface area contributed by atoms with Crippen molar-refractivity contribution in [1.29, 1.82) is 0 Å². The topological polar surface area (TPSA) is 85.4 Å². The molecule has 0 aromatic carbocycles. The summed E-state index contributed by atoms with van der Waals surface area (Å²) < 4.78 is 17.8. The molecule has 0 amide bonds. The molecule has 194 valence electrons. The SMILES string of the molecule is CO[C@H]1CC(=O)[C@]2(C)[C@H]3CC[C@]4(C)[C@@H]([C@H](C)[C@H]5CC(C)=C(C)C(=O)O5)CC[C@H]4[C@@H]3C[C@H]3O[C@]32[C@H]1O. The van der Waals surface area contributed by atoms with Gasteiger partial charge in [-0.15, -0.1) is 0 Å². The number of Topliss-reactive ketones (excluding diaryl/α,β-unsaturated/α-hetero) is 1. The van der Waals surface area contributed by atoms with Crippen molar-refractivity contribution in [3.05, 3.63) is 11.1 Å². The van der Waals surface area contributed by atoms with Gasteiger partial charge in [0.05, 0.1) is 17.6 Å². The zero-order chi connectivity index (χ0) is 25.1. The van der Waals surface area contributed by atoms with Crippen LogP contribution >= 0.6 is 0 Å². The third kappa shape index (κ3) is 2.88. The second-order valence-electron chi connectivity index (χ2n) is 13.2. The van der Waals surface area contributed by atoms with Gasteiger partial charge >= 0.3 is 5.97 Å². The largest absolute Gasteiger partial charge is 0.458 e. The lowest BCUT2D eigenvalue weighted by atomic mass is 9.43. The maximum Gasteiger partial charge on any atom is 0.333 e. The van der Waals surface area contributed by atoms with E-state index in [1.807, 2.05) is 6.92 Å². The molecular formula is C29H42O6. The highest BCUT2D eigenvalue weighted by Gasteiger charge is 2.82. The zero-order valence-electron chi connectivity index (χ0n) is 22.1. The van der Waals surface area contributed by atoms with Crippen molar-refractivity contribution in [2.45, 2.75) is 110 Å². The minimum atomic E-state index is -0.763. The first kappa shape index (κ1) is 24.1. The molecule has 1 spiro atoms. The molecule has 5 fully saturated rings. The third-order valence-electron chi connectivity index (χ3n) is 12.3. The Labute approximate surface area is 209 Å². The summed E-state index contributed by atoms with van der Waals surface area (Å²) in [6.07, 6.45) is 5.11. The lowest BCUT2D eigenvalue weighted by molar-refractivity contribution is -0.183. The van der Waals surface area contributed by atoms with Gasteiger partial charge in [-0.2, -0.15) is 0 Å². The maximum atomic E-state index is 13.7. The van der Waals surface area contributed by atoms with Gasteiger partial charge in [-0.05, 0) is 87.9 Å². The normalized spacial score (nSPS) is 53.8. The molecule has 0 aromatic heterocycles. The van der Waals surface area contributed by atoms with Crippen molar-refractivity contribution in [3.63, 3.8) is 0 Å². The first-order valence-electron chi connectivity index (χ1n) is 13.8. The highest BCUT2D eigenvalue weighted by Crippen LogP contribution is 2.73. The molecule has 1 saturated heterocycles. The molecule has 6 nitrogen and oxygen atoms in total. The van der Waals surface area contributed by atoms with E-state index in [0.717, 1.165) is 49.7 Å². The number of cyclic esters (lactones) is 1. The fourth-order valence-corrected chi connectivity index (χ4v) is 10.1. The Kier molecular flexibility index (Phi) is 5.27. The Balaban J connectivity index is 1.27. The molecule has 2 aliphatic heterocycles. The summed E-state index contributed by atoms with van der Waals surface area (Å²) in [4.78, 5) is 26.1. The third-order valence-corrected chi connectivity index (χ3v) is 12.3. The van der Waals surface area contributed by atoms with E-state index in [0.29, 0.717) is 23.7 Å². The Morgan fingerprint density at radius 2 is 1.83 bits per heavy atom. The maximum absolute atomic E-state index is 13.7. The highest BCUT2D eigenvalue weighted by atomic mass is 16.6. The van der Waals surface area contributed by atoms with E-state index >= 15 is 0 Å². The molecule has 6 aliphatic rings. The summed E-state index contributed by atoms with van der Waals surface area (Å²) in [6, 6.07) is 0. The second-order valence-corrected chi connectivity index (χ2v) is 13.2. The van der Waals surface area contributed by atoms with Crippen molar-refractivity contribution in [3.8, 4) is 0 Å². The van der Waals surface area contributed by atoms with Crippen LogP contribution in [-0.4, -0.2) is 54.0 Å². The van der Waals surface area contributed by atoms with Crippen LogP contribution < -0.4 is 0 Å². The standard InChI is InChI=1S/C29H42O6/c1-14-11-21(34-26(32)15(14)2)16(3)18-7-8-19-17-12-24-29(35-24)25(31)22(33-6)13-23(30)28(29,5)20(17)9-10-27(18,19)4/h16-22,24-25,31H,7-13H2,1-6H3/t16-,17-,18+,19-,20-,21+,22-,24+,25-,27+,28-,29-/m0/s1. The Hall–Kier alpha value is -1.24. The van der Waals surface area contributed by atoms with Crippen LogP contribution in [-0.2, 0) is 23.8 Å². The Morgan fingerprint density at radius 1 is 1.09 bits per heavy atom. The highest BCUT2D eigenvalue weighted by molar-refractivity contribution is 5.90. The van der Waals surface area contributed by atoms with Crippen LogP contribution in [0.15, 0.2) is 11.1 Å². The number of epoxide rings is 1. The average molecular weight is 487 g/mol. The number of fused-ring (bicyclic) bond motifs is 4. The lowest BCUT2D eigenvalue weighted by Gasteiger charge is -2.59. The van der Waals surface area contributed by atoms with Crippen molar-refractivity contribution >= 4 is 11.8 Å². The van der Waals surface area contributed by atoms with Gasteiger partial charge < -0.3 is 19.3 Å². The van der Waals surface area contributed by atoms with Crippen molar-refractivity contribution < 1.29 is 28.9 Å². The molecule has 0 bridgehead atoms. The molecule has 35 heavy (non-hydrogen) atoms. The van der Waals surface area contributed by atoms with E-state index in [1.165, 1.54) is 0 Å². The fourth-order valence-electron chi connectivity index (χ4n) is 10.1. The average Bonchev–Trinajstić information content (AvgIpc) is 3.46. The molecule has 12 atom stereocenters. The number of hydrogen-bond donors (Lipinski definition) is 1. The Morgan fingerprint density at radius 3 is 2.51 bits per heavy atom. The Bertz CT molecular complexity index is 988. The van der Waals surface area contributed by atoms with E-state index in [2.05, 4.69) is 27.7 Å². The van der Waals surface area contributed by atoms with Gasteiger partial charge in [0.1, 0.15) is 23.6 Å². The number of ketones is 1. The summed E-state index contributed by atoms with van der Waals surface area (Å²) in [5.74, 6) is 2.09. The number of aliphatic hydroxyl groups excluding tert-OH is 1. The monoisotopic (exact) mass is 486 g/mol. The predicted molar refractivity (Wildman–Crippen MR) is 129 cm³/mol. The number of carbonyl (C=O) groups is 2. The zero-order valence-corrected chi connectivity index (χ0v) is 22.1. The smallest absolute Gasteiger partial charge is 0.333 e. The molecule has 0 unspecified atom stereocenters. The molecule has 6 heteroatoms. The number of carbonyl (C=O) groups excluding carboxylic acids is 2. The van der Waals surface area contributed by atoms with Crippen LogP contribution in [0.4, 0.5) is 0 Å². The van der Waals surface area contributed by atoms with Crippen molar-refractivity contribution in [2.24, 2.45) is 40.4 Å². The first-order chi connectivity index (χ1) is 16.5. The van der Waals surface area contributed by atoms with Crippen LogP contribution in [0.5, 0.6) is 0 Å². The first-order valence-corrected chi connectivity index (χ1v) is 13.8. The summed E-state index contributed by atoms with van der Waals surface area (Å²) >= 11 is 0. The molecule has 0 aromatic rings. The number of aliphatic hydroxyl groups is 1. The van der Waals surface area contributed by atoms with Crippen LogP contribution in [0.1, 0.15) is 79.6 Å².